The number of ether oxygens (including phenoxy) is 1. The predicted molar refractivity (Wildman–Crippen MR) is 52.5 cm³/mol. The second kappa shape index (κ2) is 4.40. The van der Waals surface area contributed by atoms with Crippen molar-refractivity contribution < 1.29 is 14.3 Å². The number of ketones is 1. The van der Waals surface area contributed by atoms with Crippen molar-refractivity contribution in [1.82, 2.24) is 0 Å². The Morgan fingerprint density at radius 3 is 2.71 bits per heavy atom. The van der Waals surface area contributed by atoms with Gasteiger partial charge in [-0.3, -0.25) is 9.59 Å². The summed E-state index contributed by atoms with van der Waals surface area (Å²) >= 11 is 0. The molecule has 0 saturated carbocycles. The lowest BCUT2D eigenvalue weighted by atomic mass is 9.87. The highest BCUT2D eigenvalue weighted by Crippen LogP contribution is 2.30. The van der Waals surface area contributed by atoms with Gasteiger partial charge >= 0.3 is 5.97 Å². The zero-order valence-electron chi connectivity index (χ0n) is 8.92. The summed E-state index contributed by atoms with van der Waals surface area (Å²) in [5, 5.41) is 0. The SMILES string of the molecule is CCC[C@@H]1CC(=O)OC(C)=C1C(C)=O. The Balaban J connectivity index is 2.96. The first kappa shape index (κ1) is 11.0. The van der Waals surface area contributed by atoms with E-state index in [0.717, 1.165) is 12.8 Å². The normalized spacial score (nSPS) is 22.2. The van der Waals surface area contributed by atoms with Crippen molar-refractivity contribution in [2.24, 2.45) is 5.92 Å². The molecule has 3 heteroatoms. The first-order valence-corrected chi connectivity index (χ1v) is 4.98. The number of cyclic esters (lactones) is 1. The molecule has 0 aliphatic carbocycles. The average Bonchev–Trinajstić information content (AvgIpc) is 2.01. The fourth-order valence-electron chi connectivity index (χ4n) is 1.99. The van der Waals surface area contributed by atoms with Crippen molar-refractivity contribution in [1.29, 1.82) is 0 Å². The second-order valence-corrected chi connectivity index (χ2v) is 3.69. The first-order valence-electron chi connectivity index (χ1n) is 4.98. The predicted octanol–water partition coefficient (Wildman–Crippen LogP) is 2.21. The largest absolute Gasteiger partial charge is 0.431 e. The summed E-state index contributed by atoms with van der Waals surface area (Å²) in [6, 6.07) is 0. The second-order valence-electron chi connectivity index (χ2n) is 3.69. The molecule has 0 bridgehead atoms. The van der Waals surface area contributed by atoms with Gasteiger partial charge in [0.25, 0.3) is 0 Å². The molecule has 3 nitrogen and oxygen atoms in total. The molecule has 1 aliphatic heterocycles. The highest BCUT2D eigenvalue weighted by Gasteiger charge is 2.29. The van der Waals surface area contributed by atoms with Crippen molar-refractivity contribution in [3.05, 3.63) is 11.3 Å². The van der Waals surface area contributed by atoms with Crippen LogP contribution >= 0.6 is 0 Å². The molecule has 1 aliphatic rings. The number of hydrogen-bond donors (Lipinski definition) is 0. The standard InChI is InChI=1S/C11H16O3/c1-4-5-9-6-10(13)14-8(3)11(9)7(2)12/h9H,4-6H2,1-3H3/t9-/m1/s1. The van der Waals surface area contributed by atoms with Gasteiger partial charge in [-0.25, -0.2) is 0 Å². The van der Waals surface area contributed by atoms with Crippen LogP contribution in [0.2, 0.25) is 0 Å². The van der Waals surface area contributed by atoms with Gasteiger partial charge < -0.3 is 4.74 Å². The van der Waals surface area contributed by atoms with Crippen LogP contribution in [0.15, 0.2) is 11.3 Å². The Labute approximate surface area is 84.1 Å². The van der Waals surface area contributed by atoms with Crippen molar-refractivity contribution in [3.8, 4) is 0 Å². The molecular weight excluding hydrogens is 180 g/mol. The molecule has 0 aromatic heterocycles. The maximum atomic E-state index is 11.4. The van der Waals surface area contributed by atoms with Gasteiger partial charge in [0, 0.05) is 11.5 Å². The van der Waals surface area contributed by atoms with E-state index in [2.05, 4.69) is 0 Å². The van der Waals surface area contributed by atoms with Crippen molar-refractivity contribution in [2.45, 2.75) is 40.0 Å². The Morgan fingerprint density at radius 2 is 2.21 bits per heavy atom. The van der Waals surface area contributed by atoms with Crippen LogP contribution < -0.4 is 0 Å². The third kappa shape index (κ3) is 2.22. The van der Waals surface area contributed by atoms with Gasteiger partial charge in [-0.05, 0) is 20.3 Å². The molecule has 1 rings (SSSR count). The van der Waals surface area contributed by atoms with Gasteiger partial charge in [0.15, 0.2) is 5.78 Å². The molecule has 0 fully saturated rings. The minimum absolute atomic E-state index is 0.0217. The highest BCUT2D eigenvalue weighted by molar-refractivity contribution is 5.96. The lowest BCUT2D eigenvalue weighted by Crippen LogP contribution is -2.24. The number of esters is 1. The van der Waals surface area contributed by atoms with E-state index in [4.69, 9.17) is 4.74 Å². The average molecular weight is 196 g/mol. The first-order chi connectivity index (χ1) is 6.56. The maximum absolute atomic E-state index is 11.4. The molecule has 0 saturated heterocycles. The van der Waals surface area contributed by atoms with Gasteiger partial charge in [0.05, 0.1) is 6.42 Å². The summed E-state index contributed by atoms with van der Waals surface area (Å²) in [7, 11) is 0. The number of rotatable bonds is 3. The molecule has 1 atom stereocenters. The molecule has 14 heavy (non-hydrogen) atoms. The molecule has 0 N–H and O–H groups in total. The zero-order valence-corrected chi connectivity index (χ0v) is 8.92. The Kier molecular flexibility index (Phi) is 3.44. The van der Waals surface area contributed by atoms with Crippen molar-refractivity contribution in [2.75, 3.05) is 0 Å². The van der Waals surface area contributed by atoms with E-state index in [0.29, 0.717) is 17.8 Å². The third-order valence-corrected chi connectivity index (χ3v) is 2.48. The topological polar surface area (TPSA) is 43.4 Å². The molecule has 0 spiro atoms. The summed E-state index contributed by atoms with van der Waals surface area (Å²) in [4.78, 5) is 22.5. The monoisotopic (exact) mass is 196 g/mol. The van der Waals surface area contributed by atoms with Crippen LogP contribution in [0, 0.1) is 5.92 Å². The van der Waals surface area contributed by atoms with Crippen LogP contribution in [0.4, 0.5) is 0 Å². The minimum Gasteiger partial charge on any atom is -0.431 e. The van der Waals surface area contributed by atoms with Crippen molar-refractivity contribution >= 4 is 11.8 Å². The fourth-order valence-corrected chi connectivity index (χ4v) is 1.99. The van der Waals surface area contributed by atoms with E-state index < -0.39 is 0 Å². The Hall–Kier alpha value is -1.12. The number of carbonyl (C=O) groups excluding carboxylic acids is 2. The summed E-state index contributed by atoms with van der Waals surface area (Å²) in [6.45, 7) is 5.27. The van der Waals surface area contributed by atoms with E-state index in [-0.39, 0.29) is 17.7 Å². The van der Waals surface area contributed by atoms with E-state index in [1.54, 1.807) is 6.92 Å². The lowest BCUT2D eigenvalue weighted by Gasteiger charge is -2.24. The van der Waals surface area contributed by atoms with E-state index >= 15 is 0 Å². The summed E-state index contributed by atoms with van der Waals surface area (Å²) in [6.07, 6.45) is 2.20. The van der Waals surface area contributed by atoms with Gasteiger partial charge in [-0.15, -0.1) is 0 Å². The van der Waals surface area contributed by atoms with Crippen LogP contribution in [-0.2, 0) is 14.3 Å². The zero-order chi connectivity index (χ0) is 10.7. The Bertz CT molecular complexity index is 289. The van der Waals surface area contributed by atoms with E-state index in [1.165, 1.54) is 6.92 Å². The molecule has 78 valence electrons. The number of Topliss-reactive ketones (excluding diaryl/α,β-unsaturated/α-hetero) is 1. The minimum atomic E-state index is -0.217. The number of allylic oxidation sites excluding steroid dienone is 2. The summed E-state index contributed by atoms with van der Waals surface area (Å²) < 4.78 is 4.96. The van der Waals surface area contributed by atoms with Gasteiger partial charge in [-0.2, -0.15) is 0 Å². The highest BCUT2D eigenvalue weighted by atomic mass is 16.5. The van der Waals surface area contributed by atoms with Crippen LogP contribution in [0.3, 0.4) is 0 Å². The van der Waals surface area contributed by atoms with Crippen LogP contribution in [0.5, 0.6) is 0 Å². The number of carbonyl (C=O) groups is 2. The lowest BCUT2D eigenvalue weighted by molar-refractivity contribution is -0.142. The van der Waals surface area contributed by atoms with Gasteiger partial charge in [0.2, 0.25) is 0 Å². The molecule has 1 heterocycles. The molecule has 0 amide bonds. The van der Waals surface area contributed by atoms with Crippen LogP contribution in [0.25, 0.3) is 0 Å². The molecule has 0 radical (unpaired) electrons. The third-order valence-electron chi connectivity index (χ3n) is 2.48. The van der Waals surface area contributed by atoms with E-state index in [1.807, 2.05) is 6.92 Å². The van der Waals surface area contributed by atoms with E-state index in [9.17, 15) is 9.59 Å². The molecule has 0 unspecified atom stereocenters. The number of hydrogen-bond acceptors (Lipinski definition) is 3. The molecule has 0 aromatic carbocycles. The summed E-state index contributed by atoms with van der Waals surface area (Å²) in [5.41, 5.74) is 0.700. The molecule has 0 aromatic rings. The Morgan fingerprint density at radius 1 is 1.57 bits per heavy atom. The van der Waals surface area contributed by atoms with Crippen LogP contribution in [0.1, 0.15) is 40.0 Å². The summed E-state index contributed by atoms with van der Waals surface area (Å²) in [5.74, 6) is 0.366. The van der Waals surface area contributed by atoms with Gasteiger partial charge in [-0.1, -0.05) is 13.3 Å². The van der Waals surface area contributed by atoms with Crippen molar-refractivity contribution in [3.63, 3.8) is 0 Å². The smallest absolute Gasteiger partial charge is 0.311 e. The quantitative estimate of drug-likeness (QED) is 0.650. The van der Waals surface area contributed by atoms with Crippen LogP contribution in [-0.4, -0.2) is 11.8 Å². The van der Waals surface area contributed by atoms with Gasteiger partial charge in [0.1, 0.15) is 5.76 Å². The maximum Gasteiger partial charge on any atom is 0.311 e. The molecular formula is C11H16O3. The fraction of sp³-hybridized carbons (Fsp3) is 0.636.